The van der Waals surface area contributed by atoms with Crippen molar-refractivity contribution in [3.8, 4) is 11.3 Å². The van der Waals surface area contributed by atoms with Gasteiger partial charge in [-0.05, 0) is 17.7 Å². The molecule has 0 fully saturated rings. The molecule has 0 bridgehead atoms. The summed E-state index contributed by atoms with van der Waals surface area (Å²) in [6.45, 7) is 0. The number of halogens is 1. The van der Waals surface area contributed by atoms with Crippen LogP contribution in [0, 0.1) is 0 Å². The minimum atomic E-state index is -0.461. The Morgan fingerprint density at radius 3 is 2.60 bits per heavy atom. The van der Waals surface area contributed by atoms with Gasteiger partial charge in [-0.2, -0.15) is 0 Å². The highest BCUT2D eigenvalue weighted by molar-refractivity contribution is 7.14. The second kappa shape index (κ2) is 7.85. The molecule has 0 saturated heterocycles. The SMILES string of the molecule is Cn1c(=O)c2c(CC(=O)Nc3nc(-c4ccc(Cl)cc4)cs3)cncc2n(C)c1=O. The van der Waals surface area contributed by atoms with E-state index in [0.717, 1.165) is 15.8 Å². The Kier molecular flexibility index (Phi) is 5.23. The van der Waals surface area contributed by atoms with Crippen molar-refractivity contribution < 1.29 is 4.79 Å². The summed E-state index contributed by atoms with van der Waals surface area (Å²) < 4.78 is 2.35. The fourth-order valence-electron chi connectivity index (χ4n) is 3.13. The van der Waals surface area contributed by atoms with Crippen molar-refractivity contribution in [1.29, 1.82) is 0 Å². The van der Waals surface area contributed by atoms with Crippen LogP contribution in [0.3, 0.4) is 0 Å². The number of rotatable bonds is 4. The molecule has 152 valence electrons. The normalized spacial score (nSPS) is 11.0. The van der Waals surface area contributed by atoms with Gasteiger partial charge in [0.1, 0.15) is 0 Å². The fourth-order valence-corrected chi connectivity index (χ4v) is 3.99. The first-order valence-corrected chi connectivity index (χ1v) is 10.1. The number of pyridine rings is 1. The molecule has 3 aromatic heterocycles. The number of nitrogens with zero attached hydrogens (tertiary/aromatic N) is 4. The van der Waals surface area contributed by atoms with E-state index in [4.69, 9.17) is 11.6 Å². The molecule has 1 aromatic carbocycles. The third kappa shape index (κ3) is 3.64. The third-order valence-corrected chi connectivity index (χ3v) is 5.71. The lowest BCUT2D eigenvalue weighted by Crippen LogP contribution is -2.37. The molecule has 0 aliphatic rings. The van der Waals surface area contributed by atoms with E-state index < -0.39 is 11.2 Å². The summed E-state index contributed by atoms with van der Waals surface area (Å²) in [5, 5.41) is 5.97. The minimum absolute atomic E-state index is 0.0758. The number of amides is 1. The van der Waals surface area contributed by atoms with E-state index in [1.54, 1.807) is 19.2 Å². The molecule has 4 aromatic rings. The summed E-state index contributed by atoms with van der Waals surface area (Å²) in [5.74, 6) is -0.336. The van der Waals surface area contributed by atoms with Crippen LogP contribution in [-0.2, 0) is 25.3 Å². The Bertz CT molecular complexity index is 1390. The Hall–Kier alpha value is -3.30. The molecule has 1 N–H and O–H groups in total. The molecule has 0 radical (unpaired) electrons. The lowest BCUT2D eigenvalue weighted by atomic mass is 10.1. The Balaban J connectivity index is 1.60. The van der Waals surface area contributed by atoms with Gasteiger partial charge in [-0.3, -0.25) is 23.7 Å². The number of hydrogen-bond acceptors (Lipinski definition) is 6. The third-order valence-electron chi connectivity index (χ3n) is 4.70. The number of anilines is 1. The monoisotopic (exact) mass is 441 g/mol. The van der Waals surface area contributed by atoms with Crippen molar-refractivity contribution in [1.82, 2.24) is 19.1 Å². The molecule has 0 aliphatic heterocycles. The van der Waals surface area contributed by atoms with Gasteiger partial charge in [0, 0.05) is 36.3 Å². The maximum absolute atomic E-state index is 12.6. The van der Waals surface area contributed by atoms with E-state index in [9.17, 15) is 14.4 Å². The van der Waals surface area contributed by atoms with Crippen molar-refractivity contribution in [3.63, 3.8) is 0 Å². The predicted octanol–water partition coefficient (Wildman–Crippen LogP) is 2.59. The second-order valence-corrected chi connectivity index (χ2v) is 7.96. The first-order valence-electron chi connectivity index (χ1n) is 8.89. The van der Waals surface area contributed by atoms with Gasteiger partial charge in [-0.1, -0.05) is 23.7 Å². The maximum Gasteiger partial charge on any atom is 0.330 e. The van der Waals surface area contributed by atoms with Crippen LogP contribution >= 0.6 is 22.9 Å². The molecule has 0 unspecified atom stereocenters. The number of aromatic nitrogens is 4. The van der Waals surface area contributed by atoms with Crippen LogP contribution in [0.2, 0.25) is 5.02 Å². The average molecular weight is 442 g/mol. The fraction of sp³-hybridized carbons (Fsp3) is 0.150. The van der Waals surface area contributed by atoms with Crippen molar-refractivity contribution >= 4 is 44.9 Å². The van der Waals surface area contributed by atoms with Gasteiger partial charge in [0.25, 0.3) is 5.56 Å². The van der Waals surface area contributed by atoms with Gasteiger partial charge in [-0.25, -0.2) is 9.78 Å². The number of benzene rings is 1. The number of carbonyl (C=O) groups is 1. The van der Waals surface area contributed by atoms with Crippen molar-refractivity contribution in [2.24, 2.45) is 14.1 Å². The highest BCUT2D eigenvalue weighted by Crippen LogP contribution is 2.26. The molecule has 3 heterocycles. The minimum Gasteiger partial charge on any atom is -0.302 e. The number of nitrogens with one attached hydrogen (secondary N) is 1. The zero-order valence-corrected chi connectivity index (χ0v) is 17.6. The molecule has 0 spiro atoms. The van der Waals surface area contributed by atoms with Gasteiger partial charge < -0.3 is 5.32 Å². The summed E-state index contributed by atoms with van der Waals surface area (Å²) in [4.78, 5) is 45.8. The maximum atomic E-state index is 12.6. The van der Waals surface area contributed by atoms with Crippen LogP contribution in [-0.4, -0.2) is 25.0 Å². The topological polar surface area (TPSA) is 98.9 Å². The predicted molar refractivity (Wildman–Crippen MR) is 117 cm³/mol. The lowest BCUT2D eigenvalue weighted by Gasteiger charge is -2.10. The number of thiazole rings is 1. The summed E-state index contributed by atoms with van der Waals surface area (Å²) in [7, 11) is 2.96. The van der Waals surface area contributed by atoms with E-state index in [2.05, 4.69) is 15.3 Å². The first-order chi connectivity index (χ1) is 14.3. The van der Waals surface area contributed by atoms with Gasteiger partial charge in [-0.15, -0.1) is 11.3 Å². The van der Waals surface area contributed by atoms with Crippen molar-refractivity contribution in [2.45, 2.75) is 6.42 Å². The van der Waals surface area contributed by atoms with Crippen molar-refractivity contribution in [3.05, 3.63) is 73.5 Å². The van der Waals surface area contributed by atoms with Crippen LogP contribution in [0.1, 0.15) is 5.56 Å². The highest BCUT2D eigenvalue weighted by Gasteiger charge is 2.16. The smallest absolute Gasteiger partial charge is 0.302 e. The van der Waals surface area contributed by atoms with Gasteiger partial charge in [0.15, 0.2) is 5.13 Å². The van der Waals surface area contributed by atoms with Gasteiger partial charge >= 0.3 is 5.69 Å². The molecule has 0 atom stereocenters. The number of fused-ring (bicyclic) bond motifs is 1. The van der Waals surface area contributed by atoms with E-state index in [-0.39, 0.29) is 12.3 Å². The van der Waals surface area contributed by atoms with Crippen LogP contribution in [0.5, 0.6) is 0 Å². The Morgan fingerprint density at radius 2 is 1.87 bits per heavy atom. The molecule has 10 heteroatoms. The number of carbonyl (C=O) groups excluding carboxylic acids is 1. The Morgan fingerprint density at radius 1 is 1.13 bits per heavy atom. The van der Waals surface area contributed by atoms with Crippen LogP contribution in [0.4, 0.5) is 5.13 Å². The number of hydrogen-bond donors (Lipinski definition) is 1. The molecule has 4 rings (SSSR count). The van der Waals surface area contributed by atoms with Gasteiger partial charge in [0.2, 0.25) is 5.91 Å². The van der Waals surface area contributed by atoms with Crippen molar-refractivity contribution in [2.75, 3.05) is 5.32 Å². The quantitative estimate of drug-likeness (QED) is 0.524. The zero-order valence-electron chi connectivity index (χ0n) is 16.0. The van der Waals surface area contributed by atoms with Crippen LogP contribution in [0.15, 0.2) is 51.6 Å². The molecule has 1 amide bonds. The largest absolute Gasteiger partial charge is 0.330 e. The van der Waals surface area contributed by atoms with Crippen LogP contribution < -0.4 is 16.6 Å². The molecule has 0 saturated carbocycles. The average Bonchev–Trinajstić information content (AvgIpc) is 3.19. The summed E-state index contributed by atoms with van der Waals surface area (Å²) in [5.41, 5.74) is 1.52. The number of aryl methyl sites for hydroxylation is 1. The summed E-state index contributed by atoms with van der Waals surface area (Å²) in [6, 6.07) is 7.25. The van der Waals surface area contributed by atoms with Crippen LogP contribution in [0.25, 0.3) is 22.2 Å². The standard InChI is InChI=1S/C20H16ClN5O3S/c1-25-15-9-22-8-12(17(15)18(28)26(2)20(25)29)7-16(27)24-19-23-14(10-30-19)11-3-5-13(21)6-4-11/h3-6,8-10H,7H2,1-2H3,(H,23,24,27). The lowest BCUT2D eigenvalue weighted by molar-refractivity contribution is -0.115. The van der Waals surface area contributed by atoms with E-state index in [0.29, 0.717) is 26.6 Å². The van der Waals surface area contributed by atoms with Gasteiger partial charge in [0.05, 0.1) is 29.2 Å². The zero-order chi connectivity index (χ0) is 21.4. The van der Waals surface area contributed by atoms with E-state index in [1.807, 2.05) is 17.5 Å². The highest BCUT2D eigenvalue weighted by atomic mass is 35.5. The molecule has 0 aliphatic carbocycles. The first kappa shape index (κ1) is 20.0. The molecular formula is C20H16ClN5O3S. The Labute approximate surface area is 179 Å². The molecule has 8 nitrogen and oxygen atoms in total. The second-order valence-electron chi connectivity index (χ2n) is 6.67. The van der Waals surface area contributed by atoms with E-state index >= 15 is 0 Å². The van der Waals surface area contributed by atoms with E-state index in [1.165, 1.54) is 35.3 Å². The molecular weight excluding hydrogens is 426 g/mol. The summed E-state index contributed by atoms with van der Waals surface area (Å²) in [6.07, 6.45) is 2.83. The summed E-state index contributed by atoms with van der Waals surface area (Å²) >= 11 is 7.21. The molecule has 30 heavy (non-hydrogen) atoms.